The van der Waals surface area contributed by atoms with E-state index in [0.29, 0.717) is 30.3 Å². The summed E-state index contributed by atoms with van der Waals surface area (Å²) in [6, 6.07) is 19.3. The van der Waals surface area contributed by atoms with Gasteiger partial charge in [-0.15, -0.1) is 0 Å². The smallest absolute Gasteiger partial charge is 0.328 e. The lowest BCUT2D eigenvalue weighted by Gasteiger charge is -2.12. The van der Waals surface area contributed by atoms with Gasteiger partial charge in [0.15, 0.2) is 11.5 Å². The monoisotopic (exact) mass is 364 g/mol. The molecule has 3 rings (SSSR count). The second kappa shape index (κ2) is 8.76. The molecule has 0 aliphatic carbocycles. The number of hydrogen-bond acceptors (Lipinski definition) is 4. The van der Waals surface area contributed by atoms with Gasteiger partial charge in [-0.05, 0) is 46.7 Å². The summed E-state index contributed by atoms with van der Waals surface area (Å²) in [5.41, 5.74) is 0.717. The van der Waals surface area contributed by atoms with E-state index in [4.69, 9.17) is 19.3 Å². The molecule has 5 heteroatoms. The SMILES string of the molecule is COc1cc(C=CC(=O)O)ccc1OCCOc1ccc2ccccc2c1. The highest BCUT2D eigenvalue weighted by molar-refractivity contribution is 5.85. The summed E-state index contributed by atoms with van der Waals surface area (Å²) in [7, 11) is 1.54. The van der Waals surface area contributed by atoms with Gasteiger partial charge in [-0.1, -0.05) is 36.4 Å². The molecule has 138 valence electrons. The number of aliphatic carboxylic acids is 1. The molecule has 5 nitrogen and oxygen atoms in total. The summed E-state index contributed by atoms with van der Waals surface area (Å²) in [6.07, 6.45) is 2.57. The van der Waals surface area contributed by atoms with Gasteiger partial charge in [0.2, 0.25) is 0 Å². The van der Waals surface area contributed by atoms with Crippen molar-refractivity contribution in [2.24, 2.45) is 0 Å². The summed E-state index contributed by atoms with van der Waals surface area (Å²) >= 11 is 0. The molecule has 3 aromatic rings. The third kappa shape index (κ3) is 5.01. The molecule has 0 spiro atoms. The molecule has 0 fully saturated rings. The van der Waals surface area contributed by atoms with Crippen LogP contribution in [0.3, 0.4) is 0 Å². The van der Waals surface area contributed by atoms with E-state index in [1.807, 2.05) is 36.4 Å². The number of carbonyl (C=O) groups is 1. The third-order valence-corrected chi connectivity index (χ3v) is 3.94. The Balaban J connectivity index is 1.56. The van der Waals surface area contributed by atoms with Gasteiger partial charge >= 0.3 is 5.97 Å². The van der Waals surface area contributed by atoms with E-state index < -0.39 is 5.97 Å². The first-order valence-corrected chi connectivity index (χ1v) is 8.49. The average molecular weight is 364 g/mol. The molecule has 0 unspecified atom stereocenters. The molecule has 0 bridgehead atoms. The highest BCUT2D eigenvalue weighted by Gasteiger charge is 2.05. The Bertz CT molecular complexity index is 962. The number of methoxy groups -OCH3 is 1. The van der Waals surface area contributed by atoms with Crippen LogP contribution in [-0.2, 0) is 4.79 Å². The maximum Gasteiger partial charge on any atom is 0.328 e. The molecule has 1 N–H and O–H groups in total. The number of ether oxygens (including phenoxy) is 3. The van der Waals surface area contributed by atoms with Crippen molar-refractivity contribution in [2.75, 3.05) is 20.3 Å². The number of carboxylic acids is 1. The van der Waals surface area contributed by atoms with Crippen LogP contribution in [0.2, 0.25) is 0 Å². The van der Waals surface area contributed by atoms with Crippen molar-refractivity contribution in [1.29, 1.82) is 0 Å². The standard InChI is InChI=1S/C22H20O5/c1-25-21-14-16(7-11-22(23)24)6-10-20(21)27-13-12-26-19-9-8-17-4-2-3-5-18(17)15-19/h2-11,14-15H,12-13H2,1H3,(H,23,24). The molecule has 0 aliphatic rings. The Labute approximate surface area is 157 Å². The van der Waals surface area contributed by atoms with Crippen LogP contribution in [0.15, 0.2) is 66.7 Å². The van der Waals surface area contributed by atoms with Gasteiger partial charge in [-0.25, -0.2) is 4.79 Å². The predicted octanol–water partition coefficient (Wildman–Crippen LogP) is 4.40. The van der Waals surface area contributed by atoms with Crippen LogP contribution in [0.1, 0.15) is 5.56 Å². The van der Waals surface area contributed by atoms with Gasteiger partial charge < -0.3 is 19.3 Å². The lowest BCUT2D eigenvalue weighted by molar-refractivity contribution is -0.131. The molecule has 0 amide bonds. The van der Waals surface area contributed by atoms with Crippen molar-refractivity contribution >= 4 is 22.8 Å². The second-order valence-corrected chi connectivity index (χ2v) is 5.79. The van der Waals surface area contributed by atoms with E-state index in [1.54, 1.807) is 25.3 Å². The largest absolute Gasteiger partial charge is 0.493 e. The van der Waals surface area contributed by atoms with E-state index in [-0.39, 0.29) is 0 Å². The van der Waals surface area contributed by atoms with Crippen LogP contribution in [-0.4, -0.2) is 31.4 Å². The molecule has 0 atom stereocenters. The molecule has 3 aromatic carbocycles. The zero-order chi connectivity index (χ0) is 19.1. The average Bonchev–Trinajstić information content (AvgIpc) is 2.69. The van der Waals surface area contributed by atoms with Gasteiger partial charge in [-0.2, -0.15) is 0 Å². The number of rotatable bonds is 8. The van der Waals surface area contributed by atoms with Crippen molar-refractivity contribution < 1.29 is 24.1 Å². The predicted molar refractivity (Wildman–Crippen MR) is 105 cm³/mol. The van der Waals surface area contributed by atoms with E-state index in [0.717, 1.165) is 17.2 Å². The molecule has 0 aliphatic heterocycles. The fourth-order valence-corrected chi connectivity index (χ4v) is 2.64. The van der Waals surface area contributed by atoms with Gasteiger partial charge in [0.1, 0.15) is 19.0 Å². The highest BCUT2D eigenvalue weighted by atomic mass is 16.5. The first-order valence-electron chi connectivity index (χ1n) is 8.49. The normalized spacial score (nSPS) is 10.9. The lowest BCUT2D eigenvalue weighted by atomic mass is 10.1. The van der Waals surface area contributed by atoms with Crippen LogP contribution in [0.5, 0.6) is 17.2 Å². The Hall–Kier alpha value is -3.47. The van der Waals surface area contributed by atoms with Gasteiger partial charge in [-0.3, -0.25) is 0 Å². The zero-order valence-electron chi connectivity index (χ0n) is 14.9. The first kappa shape index (κ1) is 18.3. The summed E-state index contributed by atoms with van der Waals surface area (Å²) in [5, 5.41) is 11.0. The molecule has 0 radical (unpaired) electrons. The lowest BCUT2D eigenvalue weighted by Crippen LogP contribution is -2.09. The quantitative estimate of drug-likeness (QED) is 0.474. The number of hydrogen-bond donors (Lipinski definition) is 1. The highest BCUT2D eigenvalue weighted by Crippen LogP contribution is 2.28. The van der Waals surface area contributed by atoms with Gasteiger partial charge in [0.25, 0.3) is 0 Å². The second-order valence-electron chi connectivity index (χ2n) is 5.79. The van der Waals surface area contributed by atoms with Crippen molar-refractivity contribution in [3.05, 3.63) is 72.3 Å². The molecule has 0 aromatic heterocycles. The Morgan fingerprint density at radius 2 is 1.70 bits per heavy atom. The summed E-state index contributed by atoms with van der Waals surface area (Å²) in [6.45, 7) is 0.746. The van der Waals surface area contributed by atoms with Crippen LogP contribution in [0.4, 0.5) is 0 Å². The van der Waals surface area contributed by atoms with Crippen molar-refractivity contribution in [2.45, 2.75) is 0 Å². The molecular weight excluding hydrogens is 344 g/mol. The minimum Gasteiger partial charge on any atom is -0.493 e. The minimum atomic E-state index is -1.000. The molecule has 0 saturated heterocycles. The minimum absolute atomic E-state index is 0.355. The van der Waals surface area contributed by atoms with E-state index >= 15 is 0 Å². The number of carboxylic acid groups (broad SMARTS) is 1. The van der Waals surface area contributed by atoms with E-state index in [2.05, 4.69) is 6.07 Å². The van der Waals surface area contributed by atoms with Crippen molar-refractivity contribution in [3.8, 4) is 17.2 Å². The Morgan fingerprint density at radius 3 is 2.48 bits per heavy atom. The molecule has 27 heavy (non-hydrogen) atoms. The van der Waals surface area contributed by atoms with Crippen LogP contribution in [0.25, 0.3) is 16.8 Å². The number of fused-ring (bicyclic) bond motifs is 1. The topological polar surface area (TPSA) is 65.0 Å². The van der Waals surface area contributed by atoms with Crippen LogP contribution >= 0.6 is 0 Å². The van der Waals surface area contributed by atoms with Crippen LogP contribution in [0, 0.1) is 0 Å². The summed E-state index contributed by atoms with van der Waals surface area (Å²) in [4.78, 5) is 10.6. The Morgan fingerprint density at radius 1 is 0.926 bits per heavy atom. The number of benzene rings is 3. The molecule has 0 saturated carbocycles. The summed E-state index contributed by atoms with van der Waals surface area (Å²) < 4.78 is 16.8. The van der Waals surface area contributed by atoms with Gasteiger partial charge in [0, 0.05) is 6.08 Å². The summed E-state index contributed by atoms with van der Waals surface area (Å²) in [5.74, 6) is 0.902. The van der Waals surface area contributed by atoms with E-state index in [9.17, 15) is 4.79 Å². The van der Waals surface area contributed by atoms with Crippen molar-refractivity contribution in [3.63, 3.8) is 0 Å². The fraction of sp³-hybridized carbons (Fsp3) is 0.136. The van der Waals surface area contributed by atoms with Crippen LogP contribution < -0.4 is 14.2 Å². The molecule has 0 heterocycles. The maximum absolute atomic E-state index is 10.6. The zero-order valence-corrected chi connectivity index (χ0v) is 14.9. The van der Waals surface area contributed by atoms with Crippen molar-refractivity contribution in [1.82, 2.24) is 0 Å². The van der Waals surface area contributed by atoms with Gasteiger partial charge in [0.05, 0.1) is 7.11 Å². The first-order chi connectivity index (χ1) is 13.2. The third-order valence-electron chi connectivity index (χ3n) is 3.94. The fourth-order valence-electron chi connectivity index (χ4n) is 2.64. The van der Waals surface area contributed by atoms with E-state index in [1.165, 1.54) is 11.5 Å². The Kier molecular flexibility index (Phi) is 5.94. The molecular formula is C22H20O5. The maximum atomic E-state index is 10.6.